The van der Waals surface area contributed by atoms with Crippen LogP contribution in [0.3, 0.4) is 0 Å². The number of carbonyl (C=O) groups is 1. The topological polar surface area (TPSA) is 38.3 Å². The third-order valence-corrected chi connectivity index (χ3v) is 4.23. The minimum Gasteiger partial charge on any atom is -0.465 e. The number of ether oxygens (including phenoxy) is 1. The molecular weight excluding hydrogens is 294 g/mol. The Balaban J connectivity index is 1.92. The van der Waals surface area contributed by atoms with Gasteiger partial charge >= 0.3 is 5.97 Å². The molecule has 2 aromatic rings. The molecule has 0 saturated carbocycles. The van der Waals surface area contributed by atoms with E-state index in [0.717, 1.165) is 10.5 Å². The van der Waals surface area contributed by atoms with Crippen LogP contribution in [0.25, 0.3) is 0 Å². The van der Waals surface area contributed by atoms with Crippen LogP contribution in [-0.2, 0) is 16.1 Å². The molecule has 0 aliphatic heterocycles. The van der Waals surface area contributed by atoms with Gasteiger partial charge in [0.15, 0.2) is 0 Å². The summed E-state index contributed by atoms with van der Waals surface area (Å²) in [4.78, 5) is 13.2. The highest BCUT2D eigenvalue weighted by Crippen LogP contribution is 2.18. The number of hydrogen-bond donors (Lipinski definition) is 1. The van der Waals surface area contributed by atoms with Gasteiger partial charge in [-0.25, -0.2) is 0 Å². The minimum atomic E-state index is -0.314. The molecule has 3 nitrogen and oxygen atoms in total. The maximum absolute atomic E-state index is 12.1. The van der Waals surface area contributed by atoms with E-state index < -0.39 is 0 Å². The summed E-state index contributed by atoms with van der Waals surface area (Å²) in [6, 6.07) is 19.8. The first-order valence-corrected chi connectivity index (χ1v) is 8.40. The Morgan fingerprint density at radius 3 is 2.36 bits per heavy atom. The van der Waals surface area contributed by atoms with Crippen LogP contribution in [0.15, 0.2) is 65.6 Å². The smallest absolute Gasteiger partial charge is 0.324 e. The summed E-state index contributed by atoms with van der Waals surface area (Å²) in [7, 11) is 0. The van der Waals surface area contributed by atoms with E-state index >= 15 is 0 Å². The van der Waals surface area contributed by atoms with Crippen molar-refractivity contribution in [2.45, 2.75) is 24.4 Å². The van der Waals surface area contributed by atoms with Crippen LogP contribution in [0.4, 0.5) is 0 Å². The van der Waals surface area contributed by atoms with Gasteiger partial charge in [-0.2, -0.15) is 0 Å². The molecule has 0 fully saturated rings. The summed E-state index contributed by atoms with van der Waals surface area (Å²) in [6.07, 6.45) is 0. The van der Waals surface area contributed by atoms with Crippen molar-refractivity contribution in [3.05, 3.63) is 66.2 Å². The lowest BCUT2D eigenvalue weighted by Gasteiger charge is -2.17. The van der Waals surface area contributed by atoms with E-state index in [1.165, 1.54) is 0 Å². The van der Waals surface area contributed by atoms with Crippen LogP contribution in [0.1, 0.15) is 12.5 Å². The maximum atomic E-state index is 12.1. The van der Waals surface area contributed by atoms with Crippen molar-refractivity contribution in [1.82, 2.24) is 5.32 Å². The molecule has 0 radical (unpaired) electrons. The number of rotatable bonds is 8. The zero-order valence-corrected chi connectivity index (χ0v) is 13.5. The maximum Gasteiger partial charge on any atom is 0.324 e. The first-order valence-electron chi connectivity index (χ1n) is 7.41. The fourth-order valence-corrected chi connectivity index (χ4v) is 2.95. The summed E-state index contributed by atoms with van der Waals surface area (Å²) < 4.78 is 5.17. The third kappa shape index (κ3) is 5.54. The van der Waals surface area contributed by atoms with E-state index in [0.29, 0.717) is 18.9 Å². The van der Waals surface area contributed by atoms with Crippen molar-refractivity contribution in [2.24, 2.45) is 0 Å². The Labute approximate surface area is 136 Å². The van der Waals surface area contributed by atoms with Gasteiger partial charge in [0.05, 0.1) is 6.61 Å². The lowest BCUT2D eigenvalue weighted by molar-refractivity contribution is -0.145. The van der Waals surface area contributed by atoms with E-state index in [-0.39, 0.29) is 12.0 Å². The zero-order valence-electron chi connectivity index (χ0n) is 12.7. The normalized spacial score (nSPS) is 11.9. The molecule has 0 unspecified atom stereocenters. The third-order valence-electron chi connectivity index (χ3n) is 3.13. The zero-order chi connectivity index (χ0) is 15.6. The summed E-state index contributed by atoms with van der Waals surface area (Å²) in [5.74, 6) is 0.456. The van der Waals surface area contributed by atoms with Gasteiger partial charge in [0.1, 0.15) is 6.04 Å². The largest absolute Gasteiger partial charge is 0.465 e. The van der Waals surface area contributed by atoms with Crippen molar-refractivity contribution in [3.63, 3.8) is 0 Å². The summed E-state index contributed by atoms with van der Waals surface area (Å²) in [5, 5.41) is 3.30. The van der Waals surface area contributed by atoms with Gasteiger partial charge < -0.3 is 4.74 Å². The molecule has 0 aromatic heterocycles. The molecule has 0 saturated heterocycles. The minimum absolute atomic E-state index is 0.193. The van der Waals surface area contributed by atoms with Gasteiger partial charge in [-0.1, -0.05) is 48.5 Å². The van der Waals surface area contributed by atoms with E-state index in [9.17, 15) is 4.79 Å². The fourth-order valence-electron chi connectivity index (χ4n) is 1.99. The van der Waals surface area contributed by atoms with E-state index in [1.54, 1.807) is 11.8 Å². The molecule has 2 rings (SSSR count). The second-order valence-electron chi connectivity index (χ2n) is 4.80. The Kier molecular flexibility index (Phi) is 7.00. The number of thioether (sulfide) groups is 1. The van der Waals surface area contributed by atoms with Gasteiger partial charge in [0, 0.05) is 17.2 Å². The van der Waals surface area contributed by atoms with Gasteiger partial charge in [-0.15, -0.1) is 11.8 Å². The molecule has 0 aliphatic rings. The molecular formula is C18H21NO2S. The lowest BCUT2D eigenvalue weighted by Crippen LogP contribution is -2.39. The number of hydrogen-bond acceptors (Lipinski definition) is 4. The molecule has 116 valence electrons. The van der Waals surface area contributed by atoms with E-state index in [1.807, 2.05) is 67.6 Å². The van der Waals surface area contributed by atoms with E-state index in [2.05, 4.69) is 5.32 Å². The molecule has 4 heteroatoms. The molecule has 0 heterocycles. The molecule has 1 atom stereocenters. The summed E-state index contributed by atoms with van der Waals surface area (Å²) in [6.45, 7) is 2.88. The Morgan fingerprint density at radius 2 is 1.73 bits per heavy atom. The Morgan fingerprint density at radius 1 is 1.09 bits per heavy atom. The molecule has 1 N–H and O–H groups in total. The van der Waals surface area contributed by atoms with Gasteiger partial charge in [0.25, 0.3) is 0 Å². The predicted molar refractivity (Wildman–Crippen MR) is 90.9 cm³/mol. The highest BCUT2D eigenvalue weighted by atomic mass is 32.2. The lowest BCUT2D eigenvalue weighted by atomic mass is 10.2. The van der Waals surface area contributed by atoms with Gasteiger partial charge in [0.2, 0.25) is 0 Å². The van der Waals surface area contributed by atoms with Gasteiger partial charge in [-0.3, -0.25) is 10.1 Å². The Bertz CT molecular complexity index is 516. The van der Waals surface area contributed by atoms with E-state index in [4.69, 9.17) is 4.74 Å². The van der Waals surface area contributed by atoms with Gasteiger partial charge in [-0.05, 0) is 24.6 Å². The molecule has 0 amide bonds. The number of nitrogens with one attached hydrogen (secondary N) is 1. The molecule has 0 bridgehead atoms. The summed E-state index contributed by atoms with van der Waals surface area (Å²) in [5.41, 5.74) is 1.15. The van der Waals surface area contributed by atoms with Crippen molar-refractivity contribution in [1.29, 1.82) is 0 Å². The van der Waals surface area contributed by atoms with Crippen LogP contribution in [-0.4, -0.2) is 24.4 Å². The number of benzene rings is 2. The quantitative estimate of drug-likeness (QED) is 0.598. The molecule has 2 aromatic carbocycles. The van der Waals surface area contributed by atoms with Crippen LogP contribution in [0, 0.1) is 0 Å². The highest BCUT2D eigenvalue weighted by molar-refractivity contribution is 7.99. The van der Waals surface area contributed by atoms with Crippen molar-refractivity contribution < 1.29 is 9.53 Å². The monoisotopic (exact) mass is 315 g/mol. The second kappa shape index (κ2) is 9.28. The van der Waals surface area contributed by atoms with Crippen molar-refractivity contribution in [2.75, 3.05) is 12.4 Å². The predicted octanol–water partition coefficient (Wildman–Crippen LogP) is 3.50. The van der Waals surface area contributed by atoms with Crippen molar-refractivity contribution in [3.8, 4) is 0 Å². The highest BCUT2D eigenvalue weighted by Gasteiger charge is 2.19. The van der Waals surface area contributed by atoms with Crippen LogP contribution in [0.2, 0.25) is 0 Å². The molecule has 0 spiro atoms. The average molecular weight is 315 g/mol. The first kappa shape index (κ1) is 16.6. The Hall–Kier alpha value is -1.78. The molecule has 22 heavy (non-hydrogen) atoms. The SMILES string of the molecule is CCOC(=O)[C@H](CSc1ccccc1)NCc1ccccc1. The fraction of sp³-hybridized carbons (Fsp3) is 0.278. The molecule has 0 aliphatic carbocycles. The number of esters is 1. The van der Waals surface area contributed by atoms with Crippen LogP contribution < -0.4 is 5.32 Å². The standard InChI is InChI=1S/C18H21NO2S/c1-2-21-18(20)17(14-22-16-11-7-4-8-12-16)19-13-15-9-5-3-6-10-15/h3-12,17,19H,2,13-14H2,1H3/t17-/m0/s1. The average Bonchev–Trinajstić information content (AvgIpc) is 2.57. The van der Waals surface area contributed by atoms with Crippen LogP contribution in [0.5, 0.6) is 0 Å². The first-order chi connectivity index (χ1) is 10.8. The second-order valence-corrected chi connectivity index (χ2v) is 5.89. The van der Waals surface area contributed by atoms with Crippen LogP contribution >= 0.6 is 11.8 Å². The summed E-state index contributed by atoms with van der Waals surface area (Å²) >= 11 is 1.65. The van der Waals surface area contributed by atoms with Crippen molar-refractivity contribution >= 4 is 17.7 Å². The number of carbonyl (C=O) groups excluding carboxylic acids is 1.